The Hall–Kier alpha value is -1.85. The first-order valence-electron chi connectivity index (χ1n) is 7.47. The fourth-order valence-electron chi connectivity index (χ4n) is 2.02. The van der Waals surface area contributed by atoms with Gasteiger partial charge in [0.1, 0.15) is 11.5 Å². The van der Waals surface area contributed by atoms with Crippen LogP contribution in [0.3, 0.4) is 0 Å². The molecule has 2 aromatic rings. The molecule has 0 saturated heterocycles. The number of ether oxygens (including phenoxy) is 4. The van der Waals surface area contributed by atoms with Gasteiger partial charge >= 0.3 is 10.1 Å². The first kappa shape index (κ1) is 24.2. The van der Waals surface area contributed by atoms with Crippen molar-refractivity contribution in [3.05, 3.63) is 33.2 Å². The normalized spacial score (nSPS) is 10.4. The first-order valence-corrected chi connectivity index (χ1v) is 10.9. The lowest BCUT2D eigenvalue weighted by atomic mass is 10.3. The molecule has 0 fully saturated rings. The van der Waals surface area contributed by atoms with Crippen LogP contribution in [0.15, 0.2) is 33.2 Å². The summed E-state index contributed by atoms with van der Waals surface area (Å²) in [5, 5.41) is 9.18. The zero-order valence-corrected chi connectivity index (χ0v) is 19.8. The summed E-state index contributed by atoms with van der Waals surface area (Å²) in [7, 11) is 2.44. The molecule has 0 saturated carbocycles. The van der Waals surface area contributed by atoms with Gasteiger partial charge in [0.15, 0.2) is 23.0 Å². The Morgan fingerprint density at radius 3 is 1.68 bits per heavy atom. The van der Waals surface area contributed by atoms with Crippen LogP contribution in [0.2, 0.25) is 0 Å². The second kappa shape index (κ2) is 10.6. The molecule has 0 unspecified atom stereocenters. The summed E-state index contributed by atoms with van der Waals surface area (Å²) in [6.07, 6.45) is 0.970. The summed E-state index contributed by atoms with van der Waals surface area (Å²) in [6, 6.07) is 5.96. The highest BCUT2D eigenvalue weighted by Gasteiger charge is 2.14. The van der Waals surface area contributed by atoms with Crippen LogP contribution in [0.4, 0.5) is 0 Å². The zero-order valence-electron chi connectivity index (χ0n) is 15.8. The van der Waals surface area contributed by atoms with Gasteiger partial charge in [0.05, 0.1) is 43.6 Å². The van der Waals surface area contributed by atoms with Gasteiger partial charge in [-0.05, 0) is 37.9 Å². The molecule has 8 nitrogen and oxygen atoms in total. The predicted molar refractivity (Wildman–Crippen MR) is 112 cm³/mol. The molecule has 0 heterocycles. The Kier molecular flexibility index (Phi) is 9.18. The van der Waals surface area contributed by atoms with Crippen molar-refractivity contribution in [1.29, 1.82) is 0 Å². The van der Waals surface area contributed by atoms with Crippen molar-refractivity contribution in [3.63, 3.8) is 0 Å². The van der Waals surface area contributed by atoms with Gasteiger partial charge in [-0.15, -0.1) is 0 Å². The van der Waals surface area contributed by atoms with Crippen LogP contribution in [0.1, 0.15) is 0 Å². The molecule has 156 valence electrons. The van der Waals surface area contributed by atoms with Crippen molar-refractivity contribution in [1.82, 2.24) is 0 Å². The first-order chi connectivity index (χ1) is 13.1. The summed E-state index contributed by atoms with van der Waals surface area (Å²) in [4.78, 5) is 0. The van der Waals surface area contributed by atoms with E-state index >= 15 is 0 Å². The van der Waals surface area contributed by atoms with Crippen molar-refractivity contribution in [3.8, 4) is 34.5 Å². The Balaban J connectivity index is 0.000000292. The topological polar surface area (TPSA) is 101 Å². The number of hydrogen-bond donors (Lipinski definition) is 1. The van der Waals surface area contributed by atoms with Crippen molar-refractivity contribution < 1.29 is 36.7 Å². The third kappa shape index (κ3) is 6.95. The quantitative estimate of drug-likeness (QED) is 0.546. The molecule has 2 rings (SSSR count). The van der Waals surface area contributed by atoms with Crippen molar-refractivity contribution >= 4 is 42.0 Å². The van der Waals surface area contributed by atoms with Crippen LogP contribution >= 0.6 is 31.9 Å². The highest BCUT2D eigenvalue weighted by molar-refractivity contribution is 9.11. The van der Waals surface area contributed by atoms with Crippen LogP contribution in [-0.4, -0.2) is 48.2 Å². The minimum Gasteiger partial charge on any atom is -0.508 e. The Morgan fingerprint density at radius 2 is 1.25 bits per heavy atom. The van der Waals surface area contributed by atoms with E-state index < -0.39 is 10.1 Å². The molecule has 0 aromatic heterocycles. The summed E-state index contributed by atoms with van der Waals surface area (Å²) < 4.78 is 48.0. The summed E-state index contributed by atoms with van der Waals surface area (Å²) in [5.41, 5.74) is 0. The number of phenols is 1. The van der Waals surface area contributed by atoms with E-state index in [4.69, 9.17) is 23.1 Å². The molecule has 2 aromatic carbocycles. The van der Waals surface area contributed by atoms with Crippen molar-refractivity contribution in [2.45, 2.75) is 0 Å². The minimum atomic E-state index is -3.56. The predicted octanol–water partition coefficient (Wildman–Crippen LogP) is 3.98. The SMILES string of the molecule is COc1cc(O)cc(Br)c1OC.COc1cc(OS(C)(=O)=O)cc(Br)c1OC. The Labute approximate surface area is 180 Å². The number of benzene rings is 2. The molecule has 11 heteroatoms. The van der Waals surface area contributed by atoms with Crippen LogP contribution in [0.25, 0.3) is 0 Å². The Bertz CT molecular complexity index is 916. The average Bonchev–Trinajstić information content (AvgIpc) is 2.59. The maximum Gasteiger partial charge on any atom is 0.306 e. The number of halogens is 2. The molecule has 0 aliphatic carbocycles. The highest BCUT2D eigenvalue weighted by Crippen LogP contribution is 2.39. The van der Waals surface area contributed by atoms with Gasteiger partial charge in [-0.25, -0.2) is 0 Å². The lowest BCUT2D eigenvalue weighted by molar-refractivity contribution is 0.349. The average molecular weight is 544 g/mol. The van der Waals surface area contributed by atoms with Gasteiger partial charge in [-0.1, -0.05) is 0 Å². The van der Waals surface area contributed by atoms with Gasteiger partial charge in [-0.2, -0.15) is 8.42 Å². The van der Waals surface area contributed by atoms with Gasteiger partial charge in [-0.3, -0.25) is 0 Å². The van der Waals surface area contributed by atoms with E-state index in [1.807, 2.05) is 0 Å². The molecule has 0 aliphatic heterocycles. The molecule has 0 bridgehead atoms. The van der Waals surface area contributed by atoms with Crippen LogP contribution < -0.4 is 23.1 Å². The van der Waals surface area contributed by atoms with Crippen LogP contribution in [0.5, 0.6) is 34.5 Å². The van der Waals surface area contributed by atoms with E-state index in [-0.39, 0.29) is 11.5 Å². The van der Waals surface area contributed by atoms with E-state index in [1.165, 1.54) is 39.5 Å². The number of hydrogen-bond acceptors (Lipinski definition) is 8. The van der Waals surface area contributed by atoms with Gasteiger partial charge in [0.2, 0.25) is 0 Å². The van der Waals surface area contributed by atoms with Crippen molar-refractivity contribution in [2.24, 2.45) is 0 Å². The summed E-state index contributed by atoms with van der Waals surface area (Å²) >= 11 is 6.46. The largest absolute Gasteiger partial charge is 0.508 e. The Morgan fingerprint density at radius 1 is 0.786 bits per heavy atom. The van der Waals surface area contributed by atoms with Crippen LogP contribution in [-0.2, 0) is 10.1 Å². The molecule has 0 atom stereocenters. The van der Waals surface area contributed by atoms with Crippen LogP contribution in [0, 0.1) is 0 Å². The molecule has 0 aliphatic rings. The van der Waals surface area contributed by atoms with E-state index in [9.17, 15) is 13.5 Å². The second-order valence-electron chi connectivity index (χ2n) is 5.09. The van der Waals surface area contributed by atoms with E-state index in [2.05, 4.69) is 31.9 Å². The van der Waals surface area contributed by atoms with Gasteiger partial charge < -0.3 is 28.2 Å². The third-order valence-corrected chi connectivity index (χ3v) is 4.75. The number of phenolic OH excluding ortho intramolecular Hbond substituents is 1. The lowest BCUT2D eigenvalue weighted by Gasteiger charge is -2.11. The highest BCUT2D eigenvalue weighted by atomic mass is 79.9. The smallest absolute Gasteiger partial charge is 0.306 e. The summed E-state index contributed by atoms with van der Waals surface area (Å²) in [5.74, 6) is 2.24. The number of methoxy groups -OCH3 is 4. The maximum atomic E-state index is 11.0. The lowest BCUT2D eigenvalue weighted by Crippen LogP contribution is -2.06. The maximum absolute atomic E-state index is 11.0. The third-order valence-electron chi connectivity index (χ3n) is 3.07. The van der Waals surface area contributed by atoms with E-state index in [0.29, 0.717) is 31.9 Å². The second-order valence-corrected chi connectivity index (χ2v) is 8.37. The molecule has 28 heavy (non-hydrogen) atoms. The fourth-order valence-corrected chi connectivity index (χ4v) is 3.64. The number of aromatic hydroxyl groups is 1. The monoisotopic (exact) mass is 542 g/mol. The van der Waals surface area contributed by atoms with Gasteiger partial charge in [0, 0.05) is 18.2 Å². The standard InChI is InChI=1S/C9H11BrO5S.C8H9BrO3/c1-13-8-5-6(15-16(3,11)12)4-7(10)9(8)14-2;1-11-7-4-5(10)3-6(9)8(7)12-2/h4-5H,1-3H3;3-4,10H,1-2H3. The van der Waals surface area contributed by atoms with E-state index in [1.54, 1.807) is 13.2 Å². The molecular weight excluding hydrogens is 524 g/mol. The molecule has 1 N–H and O–H groups in total. The van der Waals surface area contributed by atoms with Crippen molar-refractivity contribution in [2.75, 3.05) is 34.7 Å². The summed E-state index contributed by atoms with van der Waals surface area (Å²) in [6.45, 7) is 0. The zero-order chi connectivity index (χ0) is 21.5. The van der Waals surface area contributed by atoms with Gasteiger partial charge in [0.25, 0.3) is 0 Å². The minimum absolute atomic E-state index is 0.138. The number of rotatable bonds is 6. The van der Waals surface area contributed by atoms with E-state index in [0.717, 1.165) is 6.26 Å². The molecule has 0 spiro atoms. The molecule has 0 amide bonds. The molecular formula is C17H20Br2O8S. The molecule has 0 radical (unpaired) electrons. The fraction of sp³-hybridized carbons (Fsp3) is 0.294.